The summed E-state index contributed by atoms with van der Waals surface area (Å²) < 4.78 is 7.77. The monoisotopic (exact) mass is 286 g/mol. The second-order valence-corrected chi connectivity index (χ2v) is 5.66. The molecule has 0 radical (unpaired) electrons. The van der Waals surface area contributed by atoms with Crippen molar-refractivity contribution in [3.8, 4) is 5.75 Å². The van der Waals surface area contributed by atoms with E-state index in [0.29, 0.717) is 6.61 Å². The van der Waals surface area contributed by atoms with Crippen molar-refractivity contribution >= 4 is 0 Å². The van der Waals surface area contributed by atoms with Gasteiger partial charge in [0.05, 0.1) is 17.5 Å². The van der Waals surface area contributed by atoms with E-state index in [-0.39, 0.29) is 6.10 Å². The lowest BCUT2D eigenvalue weighted by Gasteiger charge is -2.21. The Morgan fingerprint density at radius 2 is 2.24 bits per heavy atom. The molecule has 0 amide bonds. The standard InChI is InChI=1S/C17H22N2O2/c1-3-13-10-14(19(2)18-13)11-21-15-7-8-16-12(9-15)5-4-6-17(16)20/h7-10,17,20H,3-6,11H2,1-2H3. The topological polar surface area (TPSA) is 47.3 Å². The van der Waals surface area contributed by atoms with Crippen LogP contribution in [0.4, 0.5) is 0 Å². The van der Waals surface area contributed by atoms with Crippen molar-refractivity contribution < 1.29 is 9.84 Å². The van der Waals surface area contributed by atoms with Crippen molar-refractivity contribution in [1.29, 1.82) is 0 Å². The van der Waals surface area contributed by atoms with E-state index in [4.69, 9.17) is 4.74 Å². The normalized spacial score (nSPS) is 17.6. The quantitative estimate of drug-likeness (QED) is 0.940. The van der Waals surface area contributed by atoms with Gasteiger partial charge >= 0.3 is 0 Å². The number of benzene rings is 1. The summed E-state index contributed by atoms with van der Waals surface area (Å²) in [5, 5.41) is 14.4. The van der Waals surface area contributed by atoms with Gasteiger partial charge in [-0.2, -0.15) is 5.10 Å². The Balaban J connectivity index is 1.72. The average molecular weight is 286 g/mol. The van der Waals surface area contributed by atoms with E-state index in [1.165, 1.54) is 5.56 Å². The van der Waals surface area contributed by atoms with Crippen LogP contribution < -0.4 is 4.74 Å². The first-order valence-electron chi connectivity index (χ1n) is 7.63. The fourth-order valence-corrected chi connectivity index (χ4v) is 2.89. The number of fused-ring (bicyclic) bond motifs is 1. The van der Waals surface area contributed by atoms with Crippen LogP contribution in [0, 0.1) is 0 Å². The van der Waals surface area contributed by atoms with Crippen LogP contribution in [0.15, 0.2) is 24.3 Å². The van der Waals surface area contributed by atoms with Gasteiger partial charge in [-0.1, -0.05) is 13.0 Å². The van der Waals surface area contributed by atoms with Crippen LogP contribution >= 0.6 is 0 Å². The summed E-state index contributed by atoms with van der Waals surface area (Å²) in [6, 6.07) is 8.09. The number of aryl methyl sites for hydroxylation is 3. The summed E-state index contributed by atoms with van der Waals surface area (Å²) in [6.07, 6.45) is 3.55. The molecular weight excluding hydrogens is 264 g/mol. The van der Waals surface area contributed by atoms with Gasteiger partial charge in [-0.3, -0.25) is 4.68 Å². The van der Waals surface area contributed by atoms with Gasteiger partial charge in [0, 0.05) is 7.05 Å². The van der Waals surface area contributed by atoms with Gasteiger partial charge in [0.2, 0.25) is 0 Å². The fraction of sp³-hybridized carbons (Fsp3) is 0.471. The number of nitrogens with zero attached hydrogens (tertiary/aromatic N) is 2. The molecule has 0 aliphatic heterocycles. The predicted octanol–water partition coefficient (Wildman–Crippen LogP) is 2.93. The number of rotatable bonds is 4. The Morgan fingerprint density at radius 3 is 3.00 bits per heavy atom. The molecule has 1 atom stereocenters. The minimum Gasteiger partial charge on any atom is -0.487 e. The van der Waals surface area contributed by atoms with Crippen LogP contribution in [0.5, 0.6) is 5.75 Å². The molecule has 2 aromatic rings. The number of hydrogen-bond donors (Lipinski definition) is 1. The molecule has 21 heavy (non-hydrogen) atoms. The molecule has 4 heteroatoms. The van der Waals surface area contributed by atoms with Gasteiger partial charge in [0.25, 0.3) is 0 Å². The van der Waals surface area contributed by atoms with Gasteiger partial charge in [-0.15, -0.1) is 0 Å². The highest BCUT2D eigenvalue weighted by Crippen LogP contribution is 2.32. The lowest BCUT2D eigenvalue weighted by atomic mass is 9.89. The zero-order chi connectivity index (χ0) is 14.8. The average Bonchev–Trinajstić information content (AvgIpc) is 2.86. The summed E-state index contributed by atoms with van der Waals surface area (Å²) in [6.45, 7) is 2.62. The maximum atomic E-state index is 9.97. The summed E-state index contributed by atoms with van der Waals surface area (Å²) in [5.74, 6) is 0.863. The Kier molecular flexibility index (Phi) is 3.97. The molecule has 1 aromatic heterocycles. The van der Waals surface area contributed by atoms with Crippen LogP contribution in [-0.2, 0) is 26.5 Å². The molecule has 0 saturated carbocycles. The molecular formula is C17H22N2O2. The molecule has 0 spiro atoms. The second kappa shape index (κ2) is 5.90. The zero-order valence-corrected chi connectivity index (χ0v) is 12.7. The highest BCUT2D eigenvalue weighted by Gasteiger charge is 2.18. The van der Waals surface area contributed by atoms with Crippen LogP contribution in [0.1, 0.15) is 48.4 Å². The van der Waals surface area contributed by atoms with Crippen LogP contribution in [0.2, 0.25) is 0 Å². The Hall–Kier alpha value is -1.81. The number of aromatic nitrogens is 2. The molecule has 1 aliphatic carbocycles. The predicted molar refractivity (Wildman–Crippen MR) is 81.3 cm³/mol. The second-order valence-electron chi connectivity index (χ2n) is 5.66. The highest BCUT2D eigenvalue weighted by atomic mass is 16.5. The lowest BCUT2D eigenvalue weighted by molar-refractivity contribution is 0.156. The van der Waals surface area contributed by atoms with Gasteiger partial charge in [0.1, 0.15) is 12.4 Å². The maximum absolute atomic E-state index is 9.97. The van der Waals surface area contributed by atoms with Crippen LogP contribution in [-0.4, -0.2) is 14.9 Å². The van der Waals surface area contributed by atoms with Crippen molar-refractivity contribution in [2.75, 3.05) is 0 Å². The molecule has 0 fully saturated rings. The first kappa shape index (κ1) is 14.1. The minimum atomic E-state index is -0.313. The first-order valence-corrected chi connectivity index (χ1v) is 7.63. The van der Waals surface area contributed by atoms with E-state index in [2.05, 4.69) is 24.2 Å². The van der Waals surface area contributed by atoms with Crippen molar-refractivity contribution in [2.45, 2.75) is 45.3 Å². The number of aliphatic hydroxyl groups excluding tert-OH is 1. The summed E-state index contributed by atoms with van der Waals surface area (Å²) in [7, 11) is 1.95. The molecule has 1 aromatic carbocycles. The molecule has 1 heterocycles. The molecule has 1 aliphatic rings. The molecule has 0 saturated heterocycles. The third kappa shape index (κ3) is 2.95. The van der Waals surface area contributed by atoms with Crippen molar-refractivity contribution in [3.63, 3.8) is 0 Å². The molecule has 1 N–H and O–H groups in total. The van der Waals surface area contributed by atoms with E-state index in [0.717, 1.165) is 48.4 Å². The van der Waals surface area contributed by atoms with E-state index >= 15 is 0 Å². The molecule has 0 bridgehead atoms. The van der Waals surface area contributed by atoms with Crippen molar-refractivity contribution in [1.82, 2.24) is 9.78 Å². The first-order chi connectivity index (χ1) is 10.2. The van der Waals surface area contributed by atoms with E-state index in [9.17, 15) is 5.11 Å². The number of hydrogen-bond acceptors (Lipinski definition) is 3. The SMILES string of the molecule is CCc1cc(COc2ccc3c(c2)CCCC3O)n(C)n1. The zero-order valence-electron chi connectivity index (χ0n) is 12.7. The van der Waals surface area contributed by atoms with E-state index in [1.54, 1.807) is 0 Å². The maximum Gasteiger partial charge on any atom is 0.130 e. The Morgan fingerprint density at radius 1 is 1.38 bits per heavy atom. The molecule has 3 rings (SSSR count). The summed E-state index contributed by atoms with van der Waals surface area (Å²) in [5.41, 5.74) is 4.43. The highest BCUT2D eigenvalue weighted by molar-refractivity contribution is 5.38. The smallest absolute Gasteiger partial charge is 0.130 e. The largest absolute Gasteiger partial charge is 0.487 e. The number of aliphatic hydroxyl groups is 1. The van der Waals surface area contributed by atoms with E-state index in [1.807, 2.05) is 23.9 Å². The lowest BCUT2D eigenvalue weighted by Crippen LogP contribution is -2.09. The fourth-order valence-electron chi connectivity index (χ4n) is 2.89. The minimum absolute atomic E-state index is 0.313. The van der Waals surface area contributed by atoms with Gasteiger partial charge in [0.15, 0.2) is 0 Å². The summed E-state index contributed by atoms with van der Waals surface area (Å²) >= 11 is 0. The van der Waals surface area contributed by atoms with Crippen LogP contribution in [0.25, 0.3) is 0 Å². The van der Waals surface area contributed by atoms with Gasteiger partial charge in [-0.05, 0) is 55.0 Å². The van der Waals surface area contributed by atoms with Crippen molar-refractivity contribution in [3.05, 3.63) is 46.8 Å². The number of ether oxygens (including phenoxy) is 1. The van der Waals surface area contributed by atoms with Crippen LogP contribution in [0.3, 0.4) is 0 Å². The van der Waals surface area contributed by atoms with Crippen molar-refractivity contribution in [2.24, 2.45) is 7.05 Å². The van der Waals surface area contributed by atoms with Gasteiger partial charge in [-0.25, -0.2) is 0 Å². The third-order valence-corrected chi connectivity index (χ3v) is 4.17. The summed E-state index contributed by atoms with van der Waals surface area (Å²) in [4.78, 5) is 0. The van der Waals surface area contributed by atoms with Gasteiger partial charge < -0.3 is 9.84 Å². The van der Waals surface area contributed by atoms with E-state index < -0.39 is 0 Å². The molecule has 4 nitrogen and oxygen atoms in total. The third-order valence-electron chi connectivity index (χ3n) is 4.17. The Labute approximate surface area is 125 Å². The molecule has 112 valence electrons. The molecule has 1 unspecified atom stereocenters. The Bertz CT molecular complexity index is 634.